The molecular formula is C7H9NO3. The molecule has 0 fully saturated rings. The molecule has 1 rings (SSSR count). The van der Waals surface area contributed by atoms with Crippen molar-refractivity contribution in [2.75, 3.05) is 14.2 Å². The van der Waals surface area contributed by atoms with E-state index in [4.69, 9.17) is 4.74 Å². The molecule has 60 valence electrons. The molecule has 1 aromatic rings. The maximum absolute atomic E-state index is 10.8. The Morgan fingerprint density at radius 2 is 2.18 bits per heavy atom. The third-order valence-corrected chi connectivity index (χ3v) is 1.28. The molecule has 0 saturated carbocycles. The van der Waals surface area contributed by atoms with Gasteiger partial charge in [0.2, 0.25) is 0 Å². The first kappa shape index (κ1) is 7.65. The van der Waals surface area contributed by atoms with Crippen molar-refractivity contribution >= 4 is 5.97 Å². The average Bonchev–Trinajstić information content (AvgIpc) is 2.50. The summed E-state index contributed by atoms with van der Waals surface area (Å²) in [5, 5.41) is 0. The van der Waals surface area contributed by atoms with E-state index < -0.39 is 5.97 Å². The number of ether oxygens (including phenoxy) is 2. The average molecular weight is 155 g/mol. The molecular weight excluding hydrogens is 146 g/mol. The summed E-state index contributed by atoms with van der Waals surface area (Å²) in [6, 6.07) is 3.26. The topological polar surface area (TPSA) is 51.3 Å². The second kappa shape index (κ2) is 3.09. The van der Waals surface area contributed by atoms with Crippen LogP contribution in [0.15, 0.2) is 12.1 Å². The molecule has 4 heteroatoms. The summed E-state index contributed by atoms with van der Waals surface area (Å²) >= 11 is 0. The lowest BCUT2D eigenvalue weighted by molar-refractivity contribution is 0.0594. The van der Waals surface area contributed by atoms with Gasteiger partial charge in [0.25, 0.3) is 0 Å². The van der Waals surface area contributed by atoms with Crippen LogP contribution in [0.4, 0.5) is 0 Å². The summed E-state index contributed by atoms with van der Waals surface area (Å²) in [6.45, 7) is 0. The van der Waals surface area contributed by atoms with Crippen molar-refractivity contribution in [2.45, 2.75) is 0 Å². The molecule has 0 atom stereocenters. The van der Waals surface area contributed by atoms with E-state index in [1.54, 1.807) is 12.1 Å². The van der Waals surface area contributed by atoms with E-state index in [0.717, 1.165) is 0 Å². The van der Waals surface area contributed by atoms with E-state index in [0.29, 0.717) is 11.6 Å². The zero-order chi connectivity index (χ0) is 8.27. The third kappa shape index (κ3) is 1.52. The Morgan fingerprint density at radius 3 is 2.64 bits per heavy atom. The fourth-order valence-corrected chi connectivity index (χ4v) is 0.723. The first-order chi connectivity index (χ1) is 5.27. The Morgan fingerprint density at radius 1 is 1.45 bits per heavy atom. The van der Waals surface area contributed by atoms with Crippen LogP contribution in [0, 0.1) is 0 Å². The molecule has 1 heterocycles. The van der Waals surface area contributed by atoms with Crippen molar-refractivity contribution in [2.24, 2.45) is 0 Å². The number of esters is 1. The van der Waals surface area contributed by atoms with Gasteiger partial charge in [0.05, 0.1) is 14.2 Å². The number of H-pyrrole nitrogens is 1. The highest BCUT2D eigenvalue weighted by atomic mass is 16.5. The molecule has 0 spiro atoms. The van der Waals surface area contributed by atoms with Gasteiger partial charge in [-0.15, -0.1) is 0 Å². The minimum absolute atomic E-state index is 0.393. The Hall–Kier alpha value is -1.45. The lowest BCUT2D eigenvalue weighted by Crippen LogP contribution is -2.00. The number of hydrogen-bond donors (Lipinski definition) is 1. The van der Waals surface area contributed by atoms with Crippen LogP contribution >= 0.6 is 0 Å². The Kier molecular flexibility index (Phi) is 2.15. The molecule has 0 aromatic carbocycles. The summed E-state index contributed by atoms with van der Waals surface area (Å²) in [5.74, 6) is 0.152. The maximum Gasteiger partial charge on any atom is 0.354 e. The SMILES string of the molecule is COC(=O)c1ccc(OC)[nH]1. The van der Waals surface area contributed by atoms with Crippen LogP contribution < -0.4 is 4.74 Å². The zero-order valence-electron chi connectivity index (χ0n) is 6.38. The summed E-state index contributed by atoms with van der Waals surface area (Å²) < 4.78 is 9.29. The number of carbonyl (C=O) groups excluding carboxylic acids is 1. The van der Waals surface area contributed by atoms with Crippen molar-refractivity contribution in [3.8, 4) is 5.88 Å². The van der Waals surface area contributed by atoms with E-state index in [1.165, 1.54) is 14.2 Å². The molecule has 0 unspecified atom stereocenters. The smallest absolute Gasteiger partial charge is 0.354 e. The summed E-state index contributed by atoms with van der Waals surface area (Å²) in [5.41, 5.74) is 0.393. The second-order valence-corrected chi connectivity index (χ2v) is 1.93. The fraction of sp³-hybridized carbons (Fsp3) is 0.286. The fourth-order valence-electron chi connectivity index (χ4n) is 0.723. The Bertz CT molecular complexity index is 254. The number of methoxy groups -OCH3 is 2. The Balaban J connectivity index is 2.80. The van der Waals surface area contributed by atoms with Gasteiger partial charge in [-0.1, -0.05) is 0 Å². The second-order valence-electron chi connectivity index (χ2n) is 1.93. The number of carbonyl (C=O) groups is 1. The number of hydrogen-bond acceptors (Lipinski definition) is 3. The van der Waals surface area contributed by atoms with E-state index in [1.807, 2.05) is 0 Å². The highest BCUT2D eigenvalue weighted by Crippen LogP contribution is 2.09. The maximum atomic E-state index is 10.8. The van der Waals surface area contributed by atoms with Gasteiger partial charge in [-0.05, 0) is 6.07 Å². The van der Waals surface area contributed by atoms with Crippen molar-refractivity contribution < 1.29 is 14.3 Å². The van der Waals surface area contributed by atoms with E-state index in [9.17, 15) is 4.79 Å². The normalized spacial score (nSPS) is 9.27. The van der Waals surface area contributed by atoms with Gasteiger partial charge < -0.3 is 14.5 Å². The van der Waals surface area contributed by atoms with Gasteiger partial charge in [-0.3, -0.25) is 0 Å². The number of rotatable bonds is 2. The number of aromatic nitrogens is 1. The molecule has 11 heavy (non-hydrogen) atoms. The van der Waals surface area contributed by atoms with Crippen molar-refractivity contribution in [3.63, 3.8) is 0 Å². The van der Waals surface area contributed by atoms with Crippen LogP contribution in [0.25, 0.3) is 0 Å². The van der Waals surface area contributed by atoms with Crippen LogP contribution in [0.1, 0.15) is 10.5 Å². The van der Waals surface area contributed by atoms with Gasteiger partial charge in [0.1, 0.15) is 5.69 Å². The van der Waals surface area contributed by atoms with Crippen LogP contribution in [0.5, 0.6) is 5.88 Å². The quantitative estimate of drug-likeness (QED) is 0.643. The van der Waals surface area contributed by atoms with Crippen molar-refractivity contribution in [1.82, 2.24) is 4.98 Å². The van der Waals surface area contributed by atoms with Gasteiger partial charge in [-0.2, -0.15) is 0 Å². The van der Waals surface area contributed by atoms with E-state index in [-0.39, 0.29) is 0 Å². The van der Waals surface area contributed by atoms with Crippen molar-refractivity contribution in [3.05, 3.63) is 17.8 Å². The third-order valence-electron chi connectivity index (χ3n) is 1.28. The van der Waals surface area contributed by atoms with Gasteiger partial charge in [-0.25, -0.2) is 4.79 Å². The highest BCUT2D eigenvalue weighted by molar-refractivity contribution is 5.87. The van der Waals surface area contributed by atoms with Crippen LogP contribution in [-0.2, 0) is 4.74 Å². The number of nitrogens with one attached hydrogen (secondary N) is 1. The van der Waals surface area contributed by atoms with Crippen LogP contribution in [-0.4, -0.2) is 25.2 Å². The molecule has 4 nitrogen and oxygen atoms in total. The zero-order valence-corrected chi connectivity index (χ0v) is 6.38. The van der Waals surface area contributed by atoms with Gasteiger partial charge >= 0.3 is 5.97 Å². The summed E-state index contributed by atoms with van der Waals surface area (Å²) in [6.07, 6.45) is 0. The molecule has 0 bridgehead atoms. The molecule has 0 aliphatic rings. The summed E-state index contributed by atoms with van der Waals surface area (Å²) in [4.78, 5) is 13.6. The predicted molar refractivity (Wildman–Crippen MR) is 38.7 cm³/mol. The standard InChI is InChI=1S/C7H9NO3/c1-10-6-4-3-5(8-6)7(9)11-2/h3-4,8H,1-2H3. The van der Waals surface area contributed by atoms with E-state index >= 15 is 0 Å². The van der Waals surface area contributed by atoms with Gasteiger partial charge in [0.15, 0.2) is 5.88 Å². The molecule has 0 amide bonds. The summed E-state index contributed by atoms with van der Waals surface area (Å²) in [7, 11) is 2.85. The first-order valence-electron chi connectivity index (χ1n) is 3.09. The monoisotopic (exact) mass is 155 g/mol. The van der Waals surface area contributed by atoms with Crippen molar-refractivity contribution in [1.29, 1.82) is 0 Å². The lowest BCUT2D eigenvalue weighted by Gasteiger charge is -1.94. The molecule has 0 aliphatic heterocycles. The molecule has 0 aliphatic carbocycles. The molecule has 0 radical (unpaired) electrons. The molecule has 1 N–H and O–H groups in total. The number of aromatic amines is 1. The van der Waals surface area contributed by atoms with E-state index in [2.05, 4.69) is 9.72 Å². The van der Waals surface area contributed by atoms with Crippen LogP contribution in [0.3, 0.4) is 0 Å². The lowest BCUT2D eigenvalue weighted by atomic mass is 10.4. The molecule has 1 aromatic heterocycles. The van der Waals surface area contributed by atoms with Crippen LogP contribution in [0.2, 0.25) is 0 Å². The minimum Gasteiger partial charge on any atom is -0.482 e. The highest BCUT2D eigenvalue weighted by Gasteiger charge is 2.06. The predicted octanol–water partition coefficient (Wildman–Crippen LogP) is 0.810. The molecule has 0 saturated heterocycles. The Labute approximate surface area is 64.1 Å². The van der Waals surface area contributed by atoms with Gasteiger partial charge in [0, 0.05) is 6.07 Å². The minimum atomic E-state index is -0.395. The largest absolute Gasteiger partial charge is 0.482 e. The first-order valence-corrected chi connectivity index (χ1v) is 3.09.